The van der Waals surface area contributed by atoms with Crippen molar-refractivity contribution in [2.75, 3.05) is 17.7 Å². The minimum absolute atomic E-state index is 0. The smallest absolute Gasteiger partial charge is 0.293 e. The van der Waals surface area contributed by atoms with E-state index in [0.717, 1.165) is 42.1 Å². The maximum atomic E-state index is 13.0. The summed E-state index contributed by atoms with van der Waals surface area (Å²) in [6.45, 7) is 1.96. The number of hydrogen-bond acceptors (Lipinski definition) is 6. The Bertz CT molecular complexity index is 1170. The van der Waals surface area contributed by atoms with E-state index in [1.807, 2.05) is 25.1 Å². The van der Waals surface area contributed by atoms with Crippen molar-refractivity contribution in [3.05, 3.63) is 53.9 Å². The molecule has 3 aromatic rings. The van der Waals surface area contributed by atoms with Crippen molar-refractivity contribution in [1.29, 1.82) is 5.41 Å². The Morgan fingerprint density at radius 2 is 1.74 bits per heavy atom. The number of benzene rings is 2. The van der Waals surface area contributed by atoms with E-state index in [0.29, 0.717) is 17.3 Å². The van der Waals surface area contributed by atoms with E-state index in [4.69, 9.17) is 15.9 Å². The summed E-state index contributed by atoms with van der Waals surface area (Å²) in [5, 5.41) is 17.9. The van der Waals surface area contributed by atoms with Crippen LogP contribution in [0.25, 0.3) is 10.9 Å². The van der Waals surface area contributed by atoms with Crippen molar-refractivity contribution in [2.45, 2.75) is 44.7 Å². The number of hydrogen-bond donors (Lipinski definition) is 5. The van der Waals surface area contributed by atoms with E-state index in [1.54, 1.807) is 31.4 Å². The van der Waals surface area contributed by atoms with E-state index in [-0.39, 0.29) is 48.7 Å². The summed E-state index contributed by atoms with van der Waals surface area (Å²) in [5.41, 5.74) is 7.91. The minimum Gasteiger partial charge on any atom is -0.497 e. The van der Waals surface area contributed by atoms with Gasteiger partial charge >= 0.3 is 0 Å². The van der Waals surface area contributed by atoms with Crippen LogP contribution in [0, 0.1) is 12.3 Å². The van der Waals surface area contributed by atoms with Gasteiger partial charge in [-0.25, -0.2) is 9.97 Å². The fraction of sp³-hybridized carbons (Fsp3) is 0.333. The number of nitrogens with two attached hydrogens (primary N) is 1. The number of rotatable bonds is 6. The van der Waals surface area contributed by atoms with Crippen molar-refractivity contribution in [2.24, 2.45) is 5.73 Å². The average molecular weight is 520 g/mol. The van der Waals surface area contributed by atoms with Crippen LogP contribution in [0.1, 0.15) is 41.9 Å². The van der Waals surface area contributed by atoms with E-state index >= 15 is 0 Å². The number of carbonyl (C=O) groups excluding carboxylic acids is 1. The summed E-state index contributed by atoms with van der Waals surface area (Å²) in [7, 11) is 1.59. The third-order valence-corrected chi connectivity index (χ3v) is 5.91. The summed E-state index contributed by atoms with van der Waals surface area (Å²) in [6, 6.07) is 13.0. The fourth-order valence-electron chi connectivity index (χ4n) is 4.22. The minimum atomic E-state index is -0.393. The molecule has 0 bridgehead atoms. The van der Waals surface area contributed by atoms with Gasteiger partial charge in [-0.3, -0.25) is 10.2 Å². The van der Waals surface area contributed by atoms with Gasteiger partial charge in [0.05, 0.1) is 12.6 Å². The number of amides is 1. The van der Waals surface area contributed by atoms with Crippen molar-refractivity contribution < 1.29 is 9.53 Å². The van der Waals surface area contributed by atoms with Gasteiger partial charge in [-0.05, 0) is 55.7 Å². The number of nitrogens with zero attached hydrogens (tertiary/aromatic N) is 2. The molecule has 1 heterocycles. The van der Waals surface area contributed by atoms with Crippen LogP contribution < -0.4 is 26.4 Å². The number of halogens is 2. The van der Waals surface area contributed by atoms with Crippen molar-refractivity contribution in [3.63, 3.8) is 0 Å². The molecule has 6 N–H and O–H groups in total. The molecular weight excluding hydrogens is 489 g/mol. The Balaban J connectivity index is 0.00000216. The number of methoxy groups -OCH3 is 1. The van der Waals surface area contributed by atoms with Crippen LogP contribution in [0.3, 0.4) is 0 Å². The molecule has 0 unspecified atom stereocenters. The van der Waals surface area contributed by atoms with Gasteiger partial charge in [-0.2, -0.15) is 0 Å². The summed E-state index contributed by atoms with van der Waals surface area (Å²) in [4.78, 5) is 22.2. The topological polar surface area (TPSA) is 138 Å². The number of aryl methyl sites for hydroxylation is 1. The molecule has 1 aromatic heterocycles. The zero-order valence-electron chi connectivity index (χ0n) is 19.6. The fourth-order valence-corrected chi connectivity index (χ4v) is 4.22. The van der Waals surface area contributed by atoms with Crippen LogP contribution in [0.15, 0.2) is 42.5 Å². The first-order chi connectivity index (χ1) is 15.9. The van der Waals surface area contributed by atoms with Gasteiger partial charge in [0.15, 0.2) is 5.96 Å². The van der Waals surface area contributed by atoms with Crippen molar-refractivity contribution >= 4 is 59.1 Å². The summed E-state index contributed by atoms with van der Waals surface area (Å²) < 4.78 is 5.17. The van der Waals surface area contributed by atoms with Crippen LogP contribution in [-0.4, -0.2) is 41.0 Å². The predicted molar refractivity (Wildman–Crippen MR) is 144 cm³/mol. The number of guanidine groups is 1. The molecule has 2 atom stereocenters. The highest BCUT2D eigenvalue weighted by Crippen LogP contribution is 2.28. The van der Waals surface area contributed by atoms with Gasteiger partial charge in [0.25, 0.3) is 5.91 Å². The number of carbonyl (C=O) groups is 1. The molecule has 1 fully saturated rings. The highest BCUT2D eigenvalue weighted by atomic mass is 35.5. The third-order valence-electron chi connectivity index (χ3n) is 5.91. The third kappa shape index (κ3) is 6.64. The maximum absolute atomic E-state index is 13.0. The number of nitrogens with one attached hydrogen (secondary N) is 4. The van der Waals surface area contributed by atoms with Crippen LogP contribution >= 0.6 is 24.8 Å². The molecule has 9 nitrogen and oxygen atoms in total. The summed E-state index contributed by atoms with van der Waals surface area (Å²) in [5.74, 6) is 0.957. The second kappa shape index (κ2) is 12.4. The first-order valence-electron chi connectivity index (χ1n) is 11.0. The van der Waals surface area contributed by atoms with Crippen LogP contribution in [0.2, 0.25) is 0 Å². The molecule has 35 heavy (non-hydrogen) atoms. The average Bonchev–Trinajstić information content (AvgIpc) is 2.81. The molecule has 188 valence electrons. The molecule has 11 heteroatoms. The summed E-state index contributed by atoms with van der Waals surface area (Å²) in [6.07, 6.45) is 3.96. The lowest BCUT2D eigenvalue weighted by molar-refractivity contribution is 0.101. The molecule has 1 aliphatic carbocycles. The second-order valence-electron chi connectivity index (χ2n) is 8.25. The Morgan fingerprint density at radius 3 is 2.40 bits per heavy atom. The number of ether oxygens (including phenoxy) is 1. The van der Waals surface area contributed by atoms with E-state index in [9.17, 15) is 4.79 Å². The van der Waals surface area contributed by atoms with Gasteiger partial charge in [0.1, 0.15) is 11.6 Å². The van der Waals surface area contributed by atoms with Gasteiger partial charge in [-0.15, -0.1) is 24.8 Å². The molecule has 4 rings (SSSR count). The van der Waals surface area contributed by atoms with Gasteiger partial charge in [-0.1, -0.05) is 25.0 Å². The van der Waals surface area contributed by atoms with Gasteiger partial charge in [0, 0.05) is 23.2 Å². The second-order valence-corrected chi connectivity index (χ2v) is 8.25. The molecule has 0 aliphatic heterocycles. The highest BCUT2D eigenvalue weighted by molar-refractivity contribution is 6.04. The molecule has 2 aromatic carbocycles. The van der Waals surface area contributed by atoms with Crippen LogP contribution in [0.4, 0.5) is 11.5 Å². The Morgan fingerprint density at radius 1 is 1.06 bits per heavy atom. The number of anilines is 2. The Labute approximate surface area is 217 Å². The Kier molecular flexibility index (Phi) is 9.91. The van der Waals surface area contributed by atoms with Crippen LogP contribution in [0.5, 0.6) is 5.75 Å². The molecule has 0 radical (unpaired) electrons. The van der Waals surface area contributed by atoms with E-state index < -0.39 is 5.91 Å². The quantitative estimate of drug-likeness (QED) is 0.242. The molecule has 1 saturated carbocycles. The van der Waals surface area contributed by atoms with Gasteiger partial charge < -0.3 is 26.4 Å². The van der Waals surface area contributed by atoms with Crippen molar-refractivity contribution in [3.8, 4) is 5.75 Å². The molecule has 0 spiro atoms. The SMILES string of the molecule is COc1ccc(NC(=O)c2nc(N[C@H]3CCCC[C@H]3NC(=N)N)c3cccc(C)c3n2)cc1.Cl.Cl. The lowest BCUT2D eigenvalue weighted by Crippen LogP contribution is -2.50. The number of aromatic nitrogens is 2. The molecule has 0 saturated heterocycles. The summed E-state index contributed by atoms with van der Waals surface area (Å²) >= 11 is 0. The monoisotopic (exact) mass is 519 g/mol. The normalized spacial score (nSPS) is 16.9. The van der Waals surface area contributed by atoms with Gasteiger partial charge in [0.2, 0.25) is 5.82 Å². The first kappa shape index (κ1) is 27.9. The predicted octanol–water partition coefficient (Wildman–Crippen LogP) is 4.25. The largest absolute Gasteiger partial charge is 0.497 e. The highest BCUT2D eigenvalue weighted by Gasteiger charge is 2.27. The first-order valence-corrected chi connectivity index (χ1v) is 11.0. The van der Waals surface area contributed by atoms with Crippen molar-refractivity contribution in [1.82, 2.24) is 15.3 Å². The zero-order valence-corrected chi connectivity index (χ0v) is 21.3. The molecular formula is C24H31Cl2N7O2. The van der Waals surface area contributed by atoms with E-state index in [2.05, 4.69) is 25.9 Å². The lowest BCUT2D eigenvalue weighted by atomic mass is 9.90. The number of fused-ring (bicyclic) bond motifs is 1. The van der Waals surface area contributed by atoms with E-state index in [1.165, 1.54) is 0 Å². The number of para-hydroxylation sites is 1. The molecule has 1 amide bonds. The zero-order chi connectivity index (χ0) is 23.4. The standard InChI is InChI=1S/C24H29N7O2.2ClH/c1-14-6-5-7-17-20(14)30-22(23(32)27-15-10-12-16(33-2)13-11-15)31-21(17)28-18-8-3-4-9-19(18)29-24(25)26;;/h5-7,10-13,18-19H,3-4,8-9H2,1-2H3,(H,27,32)(H4,25,26,29)(H,28,30,31);2*1H/t18-,19+;;/m0../s1. The molecule has 1 aliphatic rings. The lowest BCUT2D eigenvalue weighted by Gasteiger charge is -2.33. The van der Waals surface area contributed by atoms with Crippen LogP contribution in [-0.2, 0) is 0 Å². The maximum Gasteiger partial charge on any atom is 0.293 e. The Hall–Kier alpha value is -3.30.